The molecule has 1 amide bonds. The summed E-state index contributed by atoms with van der Waals surface area (Å²) in [6.45, 7) is 2.16. The second kappa shape index (κ2) is 8.93. The minimum atomic E-state index is -0.0166. The van der Waals surface area contributed by atoms with E-state index in [4.69, 9.17) is 4.98 Å². The minimum Gasteiger partial charge on any atom is -0.352 e. The maximum atomic E-state index is 12.6. The molecule has 1 aliphatic rings. The van der Waals surface area contributed by atoms with Gasteiger partial charge in [0.2, 0.25) is 11.0 Å². The molecule has 0 saturated carbocycles. The highest BCUT2D eigenvalue weighted by Crippen LogP contribution is 2.25. The zero-order valence-electron chi connectivity index (χ0n) is 15.6. The Morgan fingerprint density at radius 3 is 2.79 bits per heavy atom. The SMILES string of the molecule is O=C(NCc1ccncc1)C1CCCN(c2nc(Cc3ccccc3)ns2)C1. The zero-order valence-corrected chi connectivity index (χ0v) is 16.4. The van der Waals surface area contributed by atoms with Crippen molar-refractivity contribution in [2.75, 3.05) is 18.0 Å². The first kappa shape index (κ1) is 18.6. The third-order valence-corrected chi connectivity index (χ3v) is 5.76. The van der Waals surface area contributed by atoms with Gasteiger partial charge in [-0.3, -0.25) is 9.78 Å². The van der Waals surface area contributed by atoms with Crippen LogP contribution in [0, 0.1) is 5.92 Å². The molecule has 0 aliphatic carbocycles. The monoisotopic (exact) mass is 393 g/mol. The smallest absolute Gasteiger partial charge is 0.225 e. The van der Waals surface area contributed by atoms with Crippen molar-refractivity contribution in [2.45, 2.75) is 25.8 Å². The van der Waals surface area contributed by atoms with E-state index in [1.807, 2.05) is 30.3 Å². The maximum absolute atomic E-state index is 12.6. The van der Waals surface area contributed by atoms with Crippen molar-refractivity contribution >= 4 is 22.6 Å². The van der Waals surface area contributed by atoms with Gasteiger partial charge in [-0.25, -0.2) is 4.98 Å². The van der Waals surface area contributed by atoms with Crippen molar-refractivity contribution in [1.29, 1.82) is 0 Å². The molecule has 1 N–H and O–H groups in total. The Morgan fingerprint density at radius 1 is 1.14 bits per heavy atom. The Bertz CT molecular complexity index is 899. The Kier molecular flexibility index (Phi) is 5.92. The molecule has 6 nitrogen and oxygen atoms in total. The summed E-state index contributed by atoms with van der Waals surface area (Å²) in [7, 11) is 0. The molecule has 4 rings (SSSR count). The molecular weight excluding hydrogens is 370 g/mol. The number of rotatable bonds is 6. The second-order valence-electron chi connectivity index (χ2n) is 7.01. The van der Waals surface area contributed by atoms with Crippen LogP contribution >= 0.6 is 11.5 Å². The normalized spacial score (nSPS) is 16.7. The molecule has 0 radical (unpaired) electrons. The van der Waals surface area contributed by atoms with Gasteiger partial charge < -0.3 is 10.2 Å². The Labute approximate surface area is 168 Å². The number of piperidine rings is 1. The van der Waals surface area contributed by atoms with Crippen molar-refractivity contribution in [1.82, 2.24) is 19.7 Å². The minimum absolute atomic E-state index is 0.0166. The molecule has 1 aliphatic heterocycles. The molecule has 1 unspecified atom stereocenters. The highest BCUT2D eigenvalue weighted by molar-refractivity contribution is 7.09. The molecule has 28 heavy (non-hydrogen) atoms. The number of carbonyl (C=O) groups excluding carboxylic acids is 1. The molecular formula is C21H23N5OS. The van der Waals surface area contributed by atoms with Gasteiger partial charge in [0.25, 0.3) is 0 Å². The third kappa shape index (κ3) is 4.72. The fraction of sp³-hybridized carbons (Fsp3) is 0.333. The standard InChI is InChI=1S/C21H23N5OS/c27-20(23-14-17-8-10-22-11-9-17)18-7-4-12-26(15-18)21-24-19(25-28-21)13-16-5-2-1-3-6-16/h1-3,5-6,8-11,18H,4,7,12-15H2,(H,23,27). The number of nitrogens with zero attached hydrogens (tertiary/aromatic N) is 4. The van der Waals surface area contributed by atoms with E-state index in [1.54, 1.807) is 12.4 Å². The lowest BCUT2D eigenvalue weighted by atomic mass is 9.97. The molecule has 1 saturated heterocycles. The highest BCUT2D eigenvalue weighted by Gasteiger charge is 2.27. The topological polar surface area (TPSA) is 71.0 Å². The van der Waals surface area contributed by atoms with E-state index >= 15 is 0 Å². The molecule has 0 bridgehead atoms. The number of aromatic nitrogens is 3. The molecule has 144 valence electrons. The van der Waals surface area contributed by atoms with Crippen LogP contribution in [0.2, 0.25) is 0 Å². The first-order valence-electron chi connectivity index (χ1n) is 9.56. The van der Waals surface area contributed by atoms with Crippen LogP contribution in [0.5, 0.6) is 0 Å². The average molecular weight is 394 g/mol. The van der Waals surface area contributed by atoms with Crippen LogP contribution in [-0.4, -0.2) is 33.3 Å². The van der Waals surface area contributed by atoms with E-state index in [0.717, 1.165) is 42.3 Å². The first-order valence-corrected chi connectivity index (χ1v) is 10.3. The summed E-state index contributed by atoms with van der Waals surface area (Å²) in [5.41, 5.74) is 2.27. The van der Waals surface area contributed by atoms with Crippen LogP contribution in [0.25, 0.3) is 0 Å². The van der Waals surface area contributed by atoms with E-state index < -0.39 is 0 Å². The number of carbonyl (C=O) groups is 1. The third-order valence-electron chi connectivity index (χ3n) is 4.94. The highest BCUT2D eigenvalue weighted by atomic mass is 32.1. The predicted octanol–water partition coefficient (Wildman–Crippen LogP) is 3.06. The lowest BCUT2D eigenvalue weighted by Gasteiger charge is -2.31. The summed E-state index contributed by atoms with van der Waals surface area (Å²) in [6.07, 6.45) is 6.12. The van der Waals surface area contributed by atoms with Crippen LogP contribution < -0.4 is 10.2 Å². The summed E-state index contributed by atoms with van der Waals surface area (Å²) >= 11 is 1.43. The van der Waals surface area contributed by atoms with E-state index in [-0.39, 0.29) is 11.8 Å². The molecule has 1 fully saturated rings. The Morgan fingerprint density at radius 2 is 1.96 bits per heavy atom. The lowest BCUT2D eigenvalue weighted by Crippen LogP contribution is -2.43. The number of benzene rings is 1. The summed E-state index contributed by atoms with van der Waals surface area (Å²) in [5.74, 6) is 0.933. The number of pyridine rings is 1. The van der Waals surface area contributed by atoms with Gasteiger partial charge in [0.15, 0.2) is 0 Å². The van der Waals surface area contributed by atoms with Crippen molar-refractivity contribution in [3.63, 3.8) is 0 Å². The maximum Gasteiger partial charge on any atom is 0.225 e. The van der Waals surface area contributed by atoms with Gasteiger partial charge >= 0.3 is 0 Å². The molecule has 0 spiro atoms. The molecule has 1 aromatic carbocycles. The van der Waals surface area contributed by atoms with E-state index in [9.17, 15) is 4.79 Å². The van der Waals surface area contributed by atoms with Crippen molar-refractivity contribution in [3.8, 4) is 0 Å². The fourth-order valence-electron chi connectivity index (χ4n) is 3.42. The first-order chi connectivity index (χ1) is 13.8. The van der Waals surface area contributed by atoms with Crippen LogP contribution in [0.1, 0.15) is 29.8 Å². The summed E-state index contributed by atoms with van der Waals surface area (Å²) < 4.78 is 4.51. The van der Waals surface area contributed by atoms with Crippen LogP contribution in [-0.2, 0) is 17.8 Å². The number of amides is 1. The zero-order chi connectivity index (χ0) is 19.2. The predicted molar refractivity (Wildman–Crippen MR) is 110 cm³/mol. The summed E-state index contributed by atoms with van der Waals surface area (Å²) in [4.78, 5) is 23.5. The summed E-state index contributed by atoms with van der Waals surface area (Å²) in [5, 5.41) is 3.97. The van der Waals surface area contributed by atoms with Crippen LogP contribution in [0.4, 0.5) is 5.13 Å². The van der Waals surface area contributed by atoms with Crippen molar-refractivity contribution in [3.05, 3.63) is 71.8 Å². The van der Waals surface area contributed by atoms with Gasteiger partial charge in [-0.1, -0.05) is 30.3 Å². The van der Waals surface area contributed by atoms with Crippen molar-refractivity contribution < 1.29 is 4.79 Å². The number of hydrogen-bond donors (Lipinski definition) is 1. The molecule has 3 heterocycles. The Balaban J connectivity index is 1.34. The molecule has 7 heteroatoms. The largest absolute Gasteiger partial charge is 0.352 e. The van der Waals surface area contributed by atoms with Crippen LogP contribution in [0.3, 0.4) is 0 Å². The van der Waals surface area contributed by atoms with Gasteiger partial charge in [0.1, 0.15) is 5.82 Å². The average Bonchev–Trinajstić information content (AvgIpc) is 3.22. The van der Waals surface area contributed by atoms with Gasteiger partial charge in [0.05, 0.1) is 5.92 Å². The number of hydrogen-bond acceptors (Lipinski definition) is 6. The van der Waals surface area contributed by atoms with Gasteiger partial charge in [-0.15, -0.1) is 0 Å². The van der Waals surface area contributed by atoms with Gasteiger partial charge in [-0.05, 0) is 36.1 Å². The lowest BCUT2D eigenvalue weighted by molar-refractivity contribution is -0.125. The molecule has 2 aromatic heterocycles. The Hall–Kier alpha value is -2.80. The van der Waals surface area contributed by atoms with Gasteiger partial charge in [-0.2, -0.15) is 4.37 Å². The fourth-order valence-corrected chi connectivity index (χ4v) is 4.14. The molecule has 1 atom stereocenters. The van der Waals surface area contributed by atoms with Crippen molar-refractivity contribution in [2.24, 2.45) is 5.92 Å². The van der Waals surface area contributed by atoms with E-state index in [2.05, 4.69) is 31.7 Å². The number of nitrogens with one attached hydrogen (secondary N) is 1. The number of anilines is 1. The van der Waals surface area contributed by atoms with Crippen LogP contribution in [0.15, 0.2) is 54.9 Å². The molecule has 3 aromatic rings. The quantitative estimate of drug-likeness (QED) is 0.697. The van der Waals surface area contributed by atoms with E-state index in [1.165, 1.54) is 17.1 Å². The second-order valence-corrected chi connectivity index (χ2v) is 7.74. The summed E-state index contributed by atoms with van der Waals surface area (Å²) in [6, 6.07) is 14.1. The van der Waals surface area contributed by atoms with E-state index in [0.29, 0.717) is 13.1 Å². The van der Waals surface area contributed by atoms with Gasteiger partial charge in [0, 0.05) is 50.0 Å².